The fraction of sp³-hybridized carbons (Fsp3) is 0.222. The third-order valence-corrected chi connectivity index (χ3v) is 1.76. The Bertz CT molecular complexity index is 347. The van der Waals surface area contributed by atoms with Gasteiger partial charge in [-0.15, -0.1) is 4.91 Å². The van der Waals surface area contributed by atoms with Crippen LogP contribution in [-0.4, -0.2) is 5.78 Å². The van der Waals surface area contributed by atoms with E-state index in [4.69, 9.17) is 5.73 Å². The van der Waals surface area contributed by atoms with Crippen molar-refractivity contribution < 1.29 is 4.79 Å². The number of carbonyl (C=O) groups is 1. The van der Waals surface area contributed by atoms with Crippen LogP contribution in [0, 0.1) is 4.91 Å². The van der Waals surface area contributed by atoms with Crippen molar-refractivity contribution in [3.63, 3.8) is 0 Å². The molecule has 4 heteroatoms. The summed E-state index contributed by atoms with van der Waals surface area (Å²) in [5, 5.41) is 2.73. The van der Waals surface area contributed by atoms with Gasteiger partial charge in [0.2, 0.25) is 0 Å². The van der Waals surface area contributed by atoms with Crippen molar-refractivity contribution >= 4 is 17.2 Å². The van der Waals surface area contributed by atoms with Crippen LogP contribution in [0.5, 0.6) is 0 Å². The van der Waals surface area contributed by atoms with Gasteiger partial charge in [-0.25, -0.2) is 0 Å². The quantitative estimate of drug-likeness (QED) is 0.438. The summed E-state index contributed by atoms with van der Waals surface area (Å²) in [5.74, 6) is -0.0806. The number of anilines is 1. The average molecular weight is 178 g/mol. The van der Waals surface area contributed by atoms with E-state index in [-0.39, 0.29) is 11.5 Å². The van der Waals surface area contributed by atoms with Crippen LogP contribution in [0.1, 0.15) is 23.7 Å². The molecule has 0 amide bonds. The molecule has 0 heterocycles. The van der Waals surface area contributed by atoms with Crippen molar-refractivity contribution in [1.29, 1.82) is 0 Å². The number of nitrogen functional groups attached to an aromatic ring is 1. The van der Waals surface area contributed by atoms with Crippen molar-refractivity contribution in [3.05, 3.63) is 28.7 Å². The van der Waals surface area contributed by atoms with Crippen LogP contribution in [0.25, 0.3) is 0 Å². The minimum atomic E-state index is -0.0806. The van der Waals surface area contributed by atoms with E-state index >= 15 is 0 Å². The molecular weight excluding hydrogens is 168 g/mol. The molecule has 0 aliphatic carbocycles. The van der Waals surface area contributed by atoms with E-state index in [0.29, 0.717) is 17.7 Å². The zero-order chi connectivity index (χ0) is 9.84. The highest BCUT2D eigenvalue weighted by atomic mass is 16.3. The molecule has 4 nitrogen and oxygen atoms in total. The predicted molar refractivity (Wildman–Crippen MR) is 50.9 cm³/mol. The van der Waals surface area contributed by atoms with Gasteiger partial charge >= 0.3 is 0 Å². The standard InChI is InChI=1S/C9H10N2O2/c1-2-9(12)7-5-6(11-13)3-4-8(7)10/h3-5H,2,10H2,1H3. The molecule has 2 N–H and O–H groups in total. The highest BCUT2D eigenvalue weighted by molar-refractivity contribution is 6.01. The lowest BCUT2D eigenvalue weighted by Crippen LogP contribution is -2.01. The maximum absolute atomic E-state index is 11.3. The molecule has 1 rings (SSSR count). The van der Waals surface area contributed by atoms with Crippen LogP contribution in [0.2, 0.25) is 0 Å². The van der Waals surface area contributed by atoms with Gasteiger partial charge in [0.1, 0.15) is 5.69 Å². The van der Waals surface area contributed by atoms with Gasteiger partial charge in [0.15, 0.2) is 5.78 Å². The van der Waals surface area contributed by atoms with E-state index in [0.717, 1.165) is 0 Å². The molecule has 0 aliphatic rings. The SMILES string of the molecule is CCC(=O)c1cc(N=O)ccc1N. The molecule has 1 aromatic rings. The maximum Gasteiger partial charge on any atom is 0.164 e. The summed E-state index contributed by atoms with van der Waals surface area (Å²) in [6, 6.07) is 4.41. The van der Waals surface area contributed by atoms with E-state index in [1.807, 2.05) is 0 Å². The Morgan fingerprint density at radius 3 is 2.77 bits per heavy atom. The molecule has 13 heavy (non-hydrogen) atoms. The van der Waals surface area contributed by atoms with Gasteiger partial charge in [-0.2, -0.15) is 0 Å². The van der Waals surface area contributed by atoms with Gasteiger partial charge in [0.05, 0.1) is 0 Å². The lowest BCUT2D eigenvalue weighted by molar-refractivity contribution is 0.0989. The number of Topliss-reactive ketones (excluding diaryl/α,β-unsaturated/α-hetero) is 1. The normalized spacial score (nSPS) is 9.62. The zero-order valence-corrected chi connectivity index (χ0v) is 7.28. The number of nitrogens with two attached hydrogens (primary N) is 1. The minimum absolute atomic E-state index is 0.0806. The van der Waals surface area contributed by atoms with Crippen LogP contribution in [0.3, 0.4) is 0 Å². The molecule has 0 atom stereocenters. The third kappa shape index (κ3) is 1.90. The van der Waals surface area contributed by atoms with Gasteiger partial charge in [-0.1, -0.05) is 6.92 Å². The van der Waals surface area contributed by atoms with Gasteiger partial charge in [0.25, 0.3) is 0 Å². The number of carbonyl (C=O) groups excluding carboxylic acids is 1. The third-order valence-electron chi connectivity index (χ3n) is 1.76. The first-order chi connectivity index (χ1) is 6.19. The lowest BCUT2D eigenvalue weighted by atomic mass is 10.1. The van der Waals surface area contributed by atoms with Crippen LogP contribution >= 0.6 is 0 Å². The van der Waals surface area contributed by atoms with E-state index in [1.165, 1.54) is 18.2 Å². The molecule has 0 aromatic heterocycles. The van der Waals surface area contributed by atoms with Crippen LogP contribution < -0.4 is 5.73 Å². The van der Waals surface area contributed by atoms with Gasteiger partial charge in [-0.05, 0) is 23.4 Å². The Balaban J connectivity index is 3.18. The number of hydrogen-bond acceptors (Lipinski definition) is 4. The Labute approximate surface area is 75.7 Å². The summed E-state index contributed by atoms with van der Waals surface area (Å²) >= 11 is 0. The fourth-order valence-electron chi connectivity index (χ4n) is 1.03. The summed E-state index contributed by atoms with van der Waals surface area (Å²) in [5.41, 5.74) is 6.55. The summed E-state index contributed by atoms with van der Waals surface area (Å²) < 4.78 is 0. The van der Waals surface area contributed by atoms with Crippen LogP contribution in [0.15, 0.2) is 23.4 Å². The molecule has 68 valence electrons. The number of nitrogens with zero attached hydrogens (tertiary/aromatic N) is 1. The second-order valence-electron chi connectivity index (χ2n) is 2.64. The topological polar surface area (TPSA) is 72.5 Å². The second kappa shape index (κ2) is 3.80. The van der Waals surface area contributed by atoms with Crippen LogP contribution in [-0.2, 0) is 0 Å². The number of ketones is 1. The molecule has 1 aromatic carbocycles. The first-order valence-corrected chi connectivity index (χ1v) is 3.95. The monoisotopic (exact) mass is 178 g/mol. The van der Waals surface area contributed by atoms with Gasteiger partial charge < -0.3 is 5.73 Å². The number of nitroso groups, excluding NO2 is 1. The van der Waals surface area contributed by atoms with E-state index < -0.39 is 0 Å². The summed E-state index contributed by atoms with van der Waals surface area (Å²) in [7, 11) is 0. The summed E-state index contributed by atoms with van der Waals surface area (Å²) in [6.45, 7) is 1.74. The van der Waals surface area contributed by atoms with Crippen molar-refractivity contribution in [2.75, 3.05) is 5.73 Å². The first-order valence-electron chi connectivity index (χ1n) is 3.95. The molecule has 0 unspecified atom stereocenters. The lowest BCUT2D eigenvalue weighted by Gasteiger charge is -2.02. The minimum Gasteiger partial charge on any atom is -0.398 e. The first kappa shape index (κ1) is 9.38. The molecule has 0 aliphatic heterocycles. The summed E-state index contributed by atoms with van der Waals surface area (Å²) in [4.78, 5) is 21.5. The summed E-state index contributed by atoms with van der Waals surface area (Å²) in [6.07, 6.45) is 0.368. The Morgan fingerprint density at radius 1 is 1.54 bits per heavy atom. The van der Waals surface area contributed by atoms with Crippen molar-refractivity contribution in [2.45, 2.75) is 13.3 Å². The van der Waals surface area contributed by atoms with Gasteiger partial charge in [0, 0.05) is 17.7 Å². The highest BCUT2D eigenvalue weighted by Gasteiger charge is 2.08. The number of hydrogen-bond donors (Lipinski definition) is 1. The van der Waals surface area contributed by atoms with E-state index in [9.17, 15) is 9.70 Å². The molecule has 0 saturated carbocycles. The van der Waals surface area contributed by atoms with Gasteiger partial charge in [-0.3, -0.25) is 4.79 Å². The largest absolute Gasteiger partial charge is 0.398 e. The fourth-order valence-corrected chi connectivity index (χ4v) is 1.03. The number of rotatable bonds is 3. The molecule has 0 spiro atoms. The smallest absolute Gasteiger partial charge is 0.164 e. The average Bonchev–Trinajstić information content (AvgIpc) is 2.17. The van der Waals surface area contributed by atoms with E-state index in [2.05, 4.69) is 5.18 Å². The highest BCUT2D eigenvalue weighted by Crippen LogP contribution is 2.20. The van der Waals surface area contributed by atoms with Crippen LogP contribution in [0.4, 0.5) is 11.4 Å². The Kier molecular flexibility index (Phi) is 2.74. The van der Waals surface area contributed by atoms with Crippen molar-refractivity contribution in [3.8, 4) is 0 Å². The number of benzene rings is 1. The Hall–Kier alpha value is -1.71. The molecular formula is C9H10N2O2. The Morgan fingerprint density at radius 2 is 2.23 bits per heavy atom. The molecule has 0 saturated heterocycles. The van der Waals surface area contributed by atoms with Crippen molar-refractivity contribution in [1.82, 2.24) is 0 Å². The van der Waals surface area contributed by atoms with Crippen molar-refractivity contribution in [2.24, 2.45) is 5.18 Å². The second-order valence-corrected chi connectivity index (χ2v) is 2.64. The van der Waals surface area contributed by atoms with E-state index in [1.54, 1.807) is 6.92 Å². The molecule has 0 bridgehead atoms. The zero-order valence-electron chi connectivity index (χ0n) is 7.28. The predicted octanol–water partition coefficient (Wildman–Crippen LogP) is 2.26. The maximum atomic E-state index is 11.3. The molecule has 0 fully saturated rings. The molecule has 0 radical (unpaired) electrons.